The number of nitrogens with zero attached hydrogens (tertiary/aromatic N) is 5. The van der Waals surface area contributed by atoms with Gasteiger partial charge in [0, 0.05) is 41.8 Å². The first-order chi connectivity index (χ1) is 17.9. The van der Waals surface area contributed by atoms with Crippen LogP contribution in [-0.2, 0) is 9.59 Å². The molecule has 2 atom stereocenters. The Hall–Kier alpha value is -4.06. The second-order valence-corrected chi connectivity index (χ2v) is 9.40. The predicted octanol–water partition coefficient (Wildman–Crippen LogP) is 3.54. The summed E-state index contributed by atoms with van der Waals surface area (Å²) in [6, 6.07) is 9.40. The number of anilines is 3. The van der Waals surface area contributed by atoms with Crippen molar-refractivity contribution >= 4 is 46.5 Å². The number of carbonyl (C=O) groups is 3. The van der Waals surface area contributed by atoms with Crippen LogP contribution in [0.3, 0.4) is 0 Å². The SMILES string of the molecule is O=C(Nc1ccc(N2CCCCC2=O)cc1F)[C@H]1C[C@@H](c2nn[nH]n2)CN1C(=O)Nc1ccc(Cl)cc1. The third kappa shape index (κ3) is 5.38. The Kier molecular flexibility index (Phi) is 6.99. The first-order valence-corrected chi connectivity index (χ1v) is 12.2. The molecular formula is C24H24ClFN8O3. The number of tetrazole rings is 1. The molecule has 37 heavy (non-hydrogen) atoms. The van der Waals surface area contributed by atoms with Crippen molar-refractivity contribution < 1.29 is 18.8 Å². The van der Waals surface area contributed by atoms with Crippen molar-refractivity contribution in [2.45, 2.75) is 37.6 Å². The van der Waals surface area contributed by atoms with Gasteiger partial charge < -0.3 is 20.4 Å². The van der Waals surface area contributed by atoms with Gasteiger partial charge in [0.2, 0.25) is 11.8 Å². The zero-order valence-electron chi connectivity index (χ0n) is 19.7. The average molecular weight is 527 g/mol. The molecule has 192 valence electrons. The maximum atomic E-state index is 15.0. The van der Waals surface area contributed by atoms with Gasteiger partial charge in [-0.1, -0.05) is 16.8 Å². The van der Waals surface area contributed by atoms with Crippen LogP contribution in [0.4, 0.5) is 26.2 Å². The molecule has 3 N–H and O–H groups in total. The summed E-state index contributed by atoms with van der Waals surface area (Å²) in [4.78, 5) is 41.5. The molecule has 2 aliphatic rings. The molecule has 0 spiro atoms. The van der Waals surface area contributed by atoms with Crippen LogP contribution in [0, 0.1) is 5.82 Å². The lowest BCUT2D eigenvalue weighted by atomic mass is 10.0. The summed E-state index contributed by atoms with van der Waals surface area (Å²) in [7, 11) is 0. The normalized spacial score (nSPS) is 19.7. The molecule has 0 radical (unpaired) electrons. The lowest BCUT2D eigenvalue weighted by Crippen LogP contribution is -2.45. The van der Waals surface area contributed by atoms with Gasteiger partial charge in [0.05, 0.1) is 5.69 Å². The molecule has 3 aromatic rings. The summed E-state index contributed by atoms with van der Waals surface area (Å²) in [6.07, 6.45) is 2.32. The van der Waals surface area contributed by atoms with Gasteiger partial charge in [0.25, 0.3) is 0 Å². The van der Waals surface area contributed by atoms with E-state index in [2.05, 4.69) is 31.3 Å². The van der Waals surface area contributed by atoms with Crippen molar-refractivity contribution in [3.8, 4) is 0 Å². The monoisotopic (exact) mass is 526 g/mol. The van der Waals surface area contributed by atoms with Gasteiger partial charge in [-0.3, -0.25) is 9.59 Å². The summed E-state index contributed by atoms with van der Waals surface area (Å²) in [5.41, 5.74) is 0.909. The number of rotatable bonds is 5. The van der Waals surface area contributed by atoms with E-state index in [1.165, 1.54) is 17.0 Å². The van der Waals surface area contributed by atoms with Crippen molar-refractivity contribution in [1.29, 1.82) is 0 Å². The highest BCUT2D eigenvalue weighted by molar-refractivity contribution is 6.30. The number of nitrogens with one attached hydrogen (secondary N) is 3. The first-order valence-electron chi connectivity index (χ1n) is 11.9. The quantitative estimate of drug-likeness (QED) is 0.465. The predicted molar refractivity (Wildman–Crippen MR) is 134 cm³/mol. The molecule has 3 heterocycles. The lowest BCUT2D eigenvalue weighted by molar-refractivity contribution is -0.120. The molecule has 2 fully saturated rings. The van der Waals surface area contributed by atoms with E-state index in [-0.39, 0.29) is 30.5 Å². The van der Waals surface area contributed by atoms with E-state index in [9.17, 15) is 18.8 Å². The zero-order chi connectivity index (χ0) is 25.9. The smallest absolute Gasteiger partial charge is 0.322 e. The fourth-order valence-corrected chi connectivity index (χ4v) is 4.76. The van der Waals surface area contributed by atoms with Crippen molar-refractivity contribution in [1.82, 2.24) is 25.5 Å². The number of benzene rings is 2. The highest BCUT2D eigenvalue weighted by Crippen LogP contribution is 2.32. The molecule has 1 aromatic heterocycles. The van der Waals surface area contributed by atoms with Gasteiger partial charge in [-0.2, -0.15) is 5.21 Å². The molecule has 0 saturated carbocycles. The molecule has 0 aliphatic carbocycles. The van der Waals surface area contributed by atoms with Crippen LogP contribution in [0.5, 0.6) is 0 Å². The van der Waals surface area contributed by atoms with E-state index >= 15 is 0 Å². The Labute approximate surface area is 216 Å². The summed E-state index contributed by atoms with van der Waals surface area (Å²) < 4.78 is 15.0. The Morgan fingerprint density at radius 3 is 2.62 bits per heavy atom. The maximum Gasteiger partial charge on any atom is 0.322 e. The fourth-order valence-electron chi connectivity index (χ4n) is 4.64. The minimum absolute atomic E-state index is 0.0423. The molecule has 5 rings (SSSR count). The topological polar surface area (TPSA) is 136 Å². The summed E-state index contributed by atoms with van der Waals surface area (Å²) in [5.74, 6) is -1.25. The number of aromatic nitrogens is 4. The standard InChI is InChI=1S/C24H24ClFN8O3/c25-15-4-6-16(7-5-15)27-24(37)34-13-14(22-29-31-32-30-22)11-20(34)23(36)28-19-9-8-17(12-18(19)26)33-10-2-1-3-21(33)35/h4-9,12,14,20H,1-3,10-11,13H2,(H,27,37)(H,28,36)(H,29,30,31,32)/t14-,20-/m1/s1. The number of piperidine rings is 1. The Bertz CT molecular complexity index is 1300. The van der Waals surface area contributed by atoms with Crippen molar-refractivity contribution in [3.63, 3.8) is 0 Å². The number of carbonyl (C=O) groups excluding carboxylic acids is 3. The van der Waals surface area contributed by atoms with Crippen LogP contribution in [0.25, 0.3) is 0 Å². The highest BCUT2D eigenvalue weighted by Gasteiger charge is 2.42. The maximum absolute atomic E-state index is 15.0. The number of urea groups is 1. The number of aromatic amines is 1. The Balaban J connectivity index is 1.33. The number of halogens is 2. The van der Waals surface area contributed by atoms with Crippen molar-refractivity contribution in [3.05, 3.63) is 59.1 Å². The van der Waals surface area contributed by atoms with E-state index in [4.69, 9.17) is 11.6 Å². The van der Waals surface area contributed by atoms with Crippen LogP contribution >= 0.6 is 11.6 Å². The van der Waals surface area contributed by atoms with Gasteiger partial charge in [0.15, 0.2) is 5.82 Å². The van der Waals surface area contributed by atoms with Gasteiger partial charge >= 0.3 is 6.03 Å². The average Bonchev–Trinajstić information content (AvgIpc) is 3.57. The largest absolute Gasteiger partial charge is 0.322 e. The fraction of sp³-hybridized carbons (Fsp3) is 0.333. The van der Waals surface area contributed by atoms with Crippen molar-refractivity contribution in [2.75, 3.05) is 28.6 Å². The van der Waals surface area contributed by atoms with Crippen LogP contribution in [0.2, 0.25) is 5.02 Å². The van der Waals surface area contributed by atoms with Crippen LogP contribution in [-0.4, -0.2) is 62.5 Å². The summed E-state index contributed by atoms with van der Waals surface area (Å²) in [6.45, 7) is 0.691. The van der Waals surface area contributed by atoms with E-state index < -0.39 is 23.8 Å². The third-order valence-corrected chi connectivity index (χ3v) is 6.78. The molecule has 11 nitrogen and oxygen atoms in total. The number of hydrogen-bond donors (Lipinski definition) is 3. The second kappa shape index (κ2) is 10.5. The van der Waals surface area contributed by atoms with Crippen molar-refractivity contribution in [2.24, 2.45) is 0 Å². The van der Waals surface area contributed by atoms with Gasteiger partial charge in [-0.15, -0.1) is 10.2 Å². The van der Waals surface area contributed by atoms with Gasteiger partial charge in [-0.25, -0.2) is 9.18 Å². The number of hydrogen-bond acceptors (Lipinski definition) is 6. The third-order valence-electron chi connectivity index (χ3n) is 6.53. The molecule has 2 aliphatic heterocycles. The minimum Gasteiger partial charge on any atom is -0.322 e. The van der Waals surface area contributed by atoms with Crippen LogP contribution in [0.1, 0.15) is 37.4 Å². The first kappa shape index (κ1) is 24.6. The molecular weight excluding hydrogens is 503 g/mol. The van der Waals surface area contributed by atoms with E-state index in [1.807, 2.05) is 0 Å². The van der Waals surface area contributed by atoms with Crippen LogP contribution < -0.4 is 15.5 Å². The number of amides is 4. The van der Waals surface area contributed by atoms with Gasteiger partial charge in [-0.05, 0) is 61.7 Å². The van der Waals surface area contributed by atoms with Crippen LogP contribution in [0.15, 0.2) is 42.5 Å². The van der Waals surface area contributed by atoms with E-state index in [0.29, 0.717) is 35.2 Å². The Morgan fingerprint density at radius 2 is 1.92 bits per heavy atom. The highest BCUT2D eigenvalue weighted by atomic mass is 35.5. The molecule has 13 heteroatoms. The number of likely N-dealkylation sites (tertiary alicyclic amines) is 1. The number of H-pyrrole nitrogens is 1. The molecule has 2 saturated heterocycles. The van der Waals surface area contributed by atoms with E-state index in [1.54, 1.807) is 35.2 Å². The molecule has 0 bridgehead atoms. The minimum atomic E-state index is -0.918. The summed E-state index contributed by atoms with van der Waals surface area (Å²) >= 11 is 5.92. The van der Waals surface area contributed by atoms with E-state index in [0.717, 1.165) is 12.8 Å². The lowest BCUT2D eigenvalue weighted by Gasteiger charge is -2.27. The molecule has 2 aromatic carbocycles. The molecule has 0 unspecified atom stereocenters. The molecule has 4 amide bonds. The Morgan fingerprint density at radius 1 is 1.11 bits per heavy atom. The van der Waals surface area contributed by atoms with Gasteiger partial charge in [0.1, 0.15) is 11.9 Å². The summed E-state index contributed by atoms with van der Waals surface area (Å²) in [5, 5.41) is 19.8. The second-order valence-electron chi connectivity index (χ2n) is 8.96. The zero-order valence-corrected chi connectivity index (χ0v) is 20.4.